The highest BCUT2D eigenvalue weighted by molar-refractivity contribution is 7.92. The van der Waals surface area contributed by atoms with Gasteiger partial charge in [-0.1, -0.05) is 0 Å². The predicted molar refractivity (Wildman–Crippen MR) is 116 cm³/mol. The number of sulfonamides is 1. The highest BCUT2D eigenvalue weighted by atomic mass is 32.2. The van der Waals surface area contributed by atoms with Crippen LogP contribution in [0.15, 0.2) is 77.7 Å². The maximum absolute atomic E-state index is 12.6. The third-order valence-corrected chi connectivity index (χ3v) is 5.74. The van der Waals surface area contributed by atoms with E-state index in [1.165, 1.54) is 31.4 Å². The van der Waals surface area contributed by atoms with Gasteiger partial charge in [0.25, 0.3) is 15.9 Å². The van der Waals surface area contributed by atoms with Crippen molar-refractivity contribution in [3.8, 4) is 11.5 Å². The fraction of sp³-hybridized carbons (Fsp3) is 0.136. The molecule has 0 bridgehead atoms. The summed E-state index contributed by atoms with van der Waals surface area (Å²) in [6.07, 6.45) is -4.46. The summed E-state index contributed by atoms with van der Waals surface area (Å²) in [5.74, 6) is 0.232. The number of halogens is 3. The topological polar surface area (TPSA) is 93.7 Å². The van der Waals surface area contributed by atoms with E-state index in [1.54, 1.807) is 24.3 Å². The molecule has 0 fully saturated rings. The summed E-state index contributed by atoms with van der Waals surface area (Å²) in [5, 5.41) is 2.42. The van der Waals surface area contributed by atoms with E-state index in [2.05, 4.69) is 10.0 Å². The average molecular weight is 480 g/mol. The third-order valence-electron chi connectivity index (χ3n) is 4.34. The first-order valence-corrected chi connectivity index (χ1v) is 10.9. The van der Waals surface area contributed by atoms with Crippen molar-refractivity contribution < 1.29 is 35.9 Å². The van der Waals surface area contributed by atoms with Crippen LogP contribution in [0.25, 0.3) is 0 Å². The van der Waals surface area contributed by atoms with Gasteiger partial charge in [-0.15, -0.1) is 0 Å². The van der Waals surface area contributed by atoms with Crippen LogP contribution in [-0.4, -0.2) is 28.0 Å². The molecule has 0 aromatic heterocycles. The molecule has 0 aliphatic carbocycles. The first kappa shape index (κ1) is 23.9. The molecule has 1 amide bonds. The minimum absolute atomic E-state index is 0.0140. The van der Waals surface area contributed by atoms with E-state index in [4.69, 9.17) is 9.47 Å². The number of hydrogen-bond donors (Lipinski definition) is 2. The number of nitrogens with one attached hydrogen (secondary N) is 2. The highest BCUT2D eigenvalue weighted by Gasteiger charge is 2.30. The van der Waals surface area contributed by atoms with Crippen LogP contribution in [0.1, 0.15) is 5.56 Å². The smallest absolute Gasteiger partial charge is 0.416 e. The summed E-state index contributed by atoms with van der Waals surface area (Å²) in [4.78, 5) is 12.0. The van der Waals surface area contributed by atoms with Gasteiger partial charge in [0.2, 0.25) is 0 Å². The zero-order chi connectivity index (χ0) is 24.1. The normalized spacial score (nSPS) is 11.5. The Morgan fingerprint density at radius 3 is 1.94 bits per heavy atom. The Morgan fingerprint density at radius 2 is 1.39 bits per heavy atom. The number of rotatable bonds is 8. The second kappa shape index (κ2) is 9.82. The predicted octanol–water partition coefficient (Wildman–Crippen LogP) is 4.53. The molecule has 0 unspecified atom stereocenters. The van der Waals surface area contributed by atoms with E-state index in [9.17, 15) is 26.4 Å². The van der Waals surface area contributed by atoms with Gasteiger partial charge in [0, 0.05) is 11.4 Å². The van der Waals surface area contributed by atoms with Crippen LogP contribution in [0.2, 0.25) is 0 Å². The molecular formula is C22H19F3N2O5S. The fourth-order valence-electron chi connectivity index (χ4n) is 2.68. The quantitative estimate of drug-likeness (QED) is 0.494. The number of hydrogen-bond acceptors (Lipinski definition) is 5. The molecule has 7 nitrogen and oxygen atoms in total. The highest BCUT2D eigenvalue weighted by Crippen LogP contribution is 2.29. The van der Waals surface area contributed by atoms with Crippen LogP contribution >= 0.6 is 0 Å². The van der Waals surface area contributed by atoms with Crippen LogP contribution in [0.3, 0.4) is 0 Å². The zero-order valence-corrected chi connectivity index (χ0v) is 18.0. The summed E-state index contributed by atoms with van der Waals surface area (Å²) in [5.41, 5.74) is -0.285. The summed E-state index contributed by atoms with van der Waals surface area (Å²) in [6.45, 7) is -0.419. The average Bonchev–Trinajstić information content (AvgIpc) is 2.78. The summed E-state index contributed by atoms with van der Waals surface area (Å²) >= 11 is 0. The van der Waals surface area contributed by atoms with Gasteiger partial charge in [-0.25, -0.2) is 8.42 Å². The SMILES string of the molecule is COc1ccc(NS(=O)(=O)c2ccc(OCC(=O)Nc3ccc(C(F)(F)F)cc3)cc2)cc1. The Morgan fingerprint density at radius 1 is 0.848 bits per heavy atom. The Hall–Kier alpha value is -3.73. The Labute approximate surface area is 188 Å². The van der Waals surface area contributed by atoms with Crippen molar-refractivity contribution in [2.45, 2.75) is 11.1 Å². The van der Waals surface area contributed by atoms with Gasteiger partial charge in [-0.2, -0.15) is 13.2 Å². The van der Waals surface area contributed by atoms with Crippen LogP contribution in [-0.2, 0) is 21.0 Å². The van der Waals surface area contributed by atoms with Gasteiger partial charge >= 0.3 is 6.18 Å². The van der Waals surface area contributed by atoms with Crippen LogP contribution < -0.4 is 19.5 Å². The van der Waals surface area contributed by atoms with Gasteiger partial charge < -0.3 is 14.8 Å². The Bertz CT molecular complexity index is 1190. The fourth-order valence-corrected chi connectivity index (χ4v) is 3.74. The minimum Gasteiger partial charge on any atom is -0.497 e. The molecule has 3 aromatic rings. The van der Waals surface area contributed by atoms with Gasteiger partial charge in [-0.05, 0) is 72.8 Å². The molecule has 0 spiro atoms. The molecule has 3 rings (SSSR count). The molecule has 0 saturated heterocycles. The first-order chi connectivity index (χ1) is 15.6. The second-order valence-corrected chi connectivity index (χ2v) is 8.40. The molecule has 0 saturated carbocycles. The molecule has 0 heterocycles. The zero-order valence-electron chi connectivity index (χ0n) is 17.2. The van der Waals surface area contributed by atoms with Crippen LogP contribution in [0.5, 0.6) is 11.5 Å². The first-order valence-electron chi connectivity index (χ1n) is 9.44. The number of carbonyl (C=O) groups excluding carboxylic acids is 1. The summed E-state index contributed by atoms with van der Waals surface area (Å²) < 4.78 is 75.5. The Balaban J connectivity index is 1.54. The number of alkyl halides is 3. The van der Waals surface area contributed by atoms with Crippen LogP contribution in [0, 0.1) is 0 Å². The lowest BCUT2D eigenvalue weighted by atomic mass is 10.2. The van der Waals surface area contributed by atoms with Gasteiger partial charge in [0.1, 0.15) is 11.5 Å². The van der Waals surface area contributed by atoms with E-state index in [-0.39, 0.29) is 16.3 Å². The minimum atomic E-state index is -4.46. The largest absolute Gasteiger partial charge is 0.497 e. The van der Waals surface area contributed by atoms with E-state index >= 15 is 0 Å². The van der Waals surface area contributed by atoms with E-state index in [0.29, 0.717) is 11.4 Å². The van der Waals surface area contributed by atoms with Crippen molar-refractivity contribution >= 4 is 27.3 Å². The standard InChI is InChI=1S/C22H19F3N2O5S/c1-31-18-8-6-17(7-9-18)27-33(29,30)20-12-10-19(11-13-20)32-14-21(28)26-16-4-2-15(3-5-16)22(23,24)25/h2-13,27H,14H2,1H3,(H,26,28). The second-order valence-electron chi connectivity index (χ2n) is 6.72. The number of benzene rings is 3. The van der Waals surface area contributed by atoms with Crippen LogP contribution in [0.4, 0.5) is 24.5 Å². The molecule has 11 heteroatoms. The lowest BCUT2D eigenvalue weighted by molar-refractivity contribution is -0.137. The van der Waals surface area contributed by atoms with Crippen molar-refractivity contribution in [1.29, 1.82) is 0 Å². The third kappa shape index (κ3) is 6.62. The monoisotopic (exact) mass is 480 g/mol. The Kier molecular flexibility index (Phi) is 7.12. The maximum atomic E-state index is 12.6. The number of ether oxygens (including phenoxy) is 2. The molecular weight excluding hydrogens is 461 g/mol. The van der Waals surface area contributed by atoms with E-state index in [0.717, 1.165) is 24.3 Å². The van der Waals surface area contributed by atoms with E-state index < -0.39 is 34.3 Å². The molecule has 3 aromatic carbocycles. The van der Waals surface area contributed by atoms with Gasteiger partial charge in [0.05, 0.1) is 17.6 Å². The van der Waals surface area contributed by atoms with Crippen molar-refractivity contribution in [2.24, 2.45) is 0 Å². The number of carbonyl (C=O) groups is 1. The number of anilines is 2. The molecule has 0 aliphatic heterocycles. The molecule has 33 heavy (non-hydrogen) atoms. The molecule has 2 N–H and O–H groups in total. The van der Waals surface area contributed by atoms with Gasteiger partial charge in [-0.3, -0.25) is 9.52 Å². The molecule has 0 aliphatic rings. The van der Waals surface area contributed by atoms with Crippen molar-refractivity contribution in [2.75, 3.05) is 23.8 Å². The summed E-state index contributed by atoms with van der Waals surface area (Å²) in [6, 6.07) is 15.7. The van der Waals surface area contributed by atoms with E-state index in [1.807, 2.05) is 0 Å². The van der Waals surface area contributed by atoms with Crippen molar-refractivity contribution in [3.63, 3.8) is 0 Å². The molecule has 0 atom stereocenters. The molecule has 174 valence electrons. The maximum Gasteiger partial charge on any atom is 0.416 e. The molecule has 0 radical (unpaired) electrons. The number of amides is 1. The van der Waals surface area contributed by atoms with Crippen molar-refractivity contribution in [3.05, 3.63) is 78.4 Å². The lowest BCUT2D eigenvalue weighted by Gasteiger charge is -2.11. The summed E-state index contributed by atoms with van der Waals surface area (Å²) in [7, 11) is -2.34. The van der Waals surface area contributed by atoms with Crippen molar-refractivity contribution in [1.82, 2.24) is 0 Å². The lowest BCUT2D eigenvalue weighted by Crippen LogP contribution is -2.20. The van der Waals surface area contributed by atoms with Gasteiger partial charge in [0.15, 0.2) is 6.61 Å². The number of methoxy groups -OCH3 is 1.